The molecule has 100 valence electrons. The van der Waals surface area contributed by atoms with Crippen molar-refractivity contribution < 1.29 is 18.7 Å². The van der Waals surface area contributed by atoms with Gasteiger partial charge >= 0.3 is 0 Å². The molecule has 0 aliphatic heterocycles. The smallest absolute Gasteiger partial charge is 0.168 e. The third-order valence-corrected chi connectivity index (χ3v) is 2.46. The minimum atomic E-state index is -0.467. The van der Waals surface area contributed by atoms with Crippen molar-refractivity contribution in [2.24, 2.45) is 0 Å². The lowest BCUT2D eigenvalue weighted by molar-refractivity contribution is -0.117. The average molecular weight is 255 g/mol. The number of Topliss-reactive ketones (excluding diaryl/α,β-unsaturated/α-hetero) is 1. The number of nitrogens with one attached hydrogen (secondary N) is 1. The maximum Gasteiger partial charge on any atom is 0.168 e. The number of ether oxygens (including phenoxy) is 2. The molecule has 4 nitrogen and oxygen atoms in total. The predicted molar refractivity (Wildman–Crippen MR) is 66.4 cm³/mol. The maximum atomic E-state index is 13.8. The lowest BCUT2D eigenvalue weighted by Gasteiger charge is -2.07. The van der Waals surface area contributed by atoms with Crippen LogP contribution in [-0.2, 0) is 16.0 Å². The molecule has 0 aliphatic rings. The van der Waals surface area contributed by atoms with E-state index in [4.69, 9.17) is 9.47 Å². The molecule has 5 heteroatoms. The Morgan fingerprint density at radius 1 is 1.39 bits per heavy atom. The van der Waals surface area contributed by atoms with Crippen molar-refractivity contribution in [2.45, 2.75) is 6.42 Å². The second-order valence-electron chi connectivity index (χ2n) is 3.82. The van der Waals surface area contributed by atoms with E-state index in [9.17, 15) is 9.18 Å². The molecule has 1 aromatic rings. The zero-order valence-corrected chi connectivity index (χ0v) is 10.7. The lowest BCUT2D eigenvalue weighted by atomic mass is 10.1. The van der Waals surface area contributed by atoms with E-state index in [0.29, 0.717) is 18.7 Å². The molecule has 0 bridgehead atoms. The molecular weight excluding hydrogens is 237 g/mol. The first-order valence-electron chi connectivity index (χ1n) is 5.71. The molecule has 0 aromatic heterocycles. The van der Waals surface area contributed by atoms with Gasteiger partial charge in [0.25, 0.3) is 0 Å². The summed E-state index contributed by atoms with van der Waals surface area (Å²) < 4.78 is 23.5. The maximum absolute atomic E-state index is 13.8. The Morgan fingerprint density at radius 2 is 2.17 bits per heavy atom. The molecular formula is C13H18FNO3. The van der Waals surface area contributed by atoms with Crippen LogP contribution in [0, 0.1) is 5.82 Å². The monoisotopic (exact) mass is 255 g/mol. The SMILES string of the molecule is COCCNCC(=O)Cc1cccc(OC)c1F. The molecule has 18 heavy (non-hydrogen) atoms. The predicted octanol–water partition coefficient (Wildman–Crippen LogP) is 1.18. The number of hydrogen-bond donors (Lipinski definition) is 1. The van der Waals surface area contributed by atoms with Crippen LogP contribution in [0.15, 0.2) is 18.2 Å². The Balaban J connectivity index is 2.49. The Bertz CT molecular complexity index is 396. The molecule has 1 rings (SSSR count). The highest BCUT2D eigenvalue weighted by Gasteiger charge is 2.11. The number of ketones is 1. The normalized spacial score (nSPS) is 10.4. The third-order valence-electron chi connectivity index (χ3n) is 2.46. The molecule has 1 N–H and O–H groups in total. The van der Waals surface area contributed by atoms with Crippen LogP contribution in [0.2, 0.25) is 0 Å². The number of hydrogen-bond acceptors (Lipinski definition) is 4. The van der Waals surface area contributed by atoms with Crippen molar-refractivity contribution in [1.82, 2.24) is 5.32 Å². The van der Waals surface area contributed by atoms with E-state index in [1.807, 2.05) is 0 Å². The van der Waals surface area contributed by atoms with E-state index < -0.39 is 5.82 Å². The first kappa shape index (κ1) is 14.6. The van der Waals surface area contributed by atoms with E-state index in [0.717, 1.165) is 0 Å². The van der Waals surface area contributed by atoms with Crippen molar-refractivity contribution in [3.63, 3.8) is 0 Å². The molecule has 0 spiro atoms. The fraction of sp³-hybridized carbons (Fsp3) is 0.462. The molecule has 0 saturated carbocycles. The van der Waals surface area contributed by atoms with Gasteiger partial charge < -0.3 is 14.8 Å². The zero-order chi connectivity index (χ0) is 13.4. The fourth-order valence-electron chi connectivity index (χ4n) is 1.53. The van der Waals surface area contributed by atoms with Crippen LogP contribution in [-0.4, -0.2) is 39.7 Å². The van der Waals surface area contributed by atoms with Crippen molar-refractivity contribution in [1.29, 1.82) is 0 Å². The Kier molecular flexibility index (Phi) is 6.32. The van der Waals surface area contributed by atoms with E-state index in [1.54, 1.807) is 19.2 Å². The van der Waals surface area contributed by atoms with Crippen LogP contribution in [0.4, 0.5) is 4.39 Å². The first-order valence-corrected chi connectivity index (χ1v) is 5.71. The van der Waals surface area contributed by atoms with Gasteiger partial charge in [-0.2, -0.15) is 0 Å². The molecule has 0 aliphatic carbocycles. The number of halogens is 1. The minimum Gasteiger partial charge on any atom is -0.494 e. The standard InChI is InChI=1S/C13H18FNO3/c1-17-7-6-15-9-11(16)8-10-4-3-5-12(18-2)13(10)14/h3-5,15H,6-9H2,1-2H3. The molecule has 0 amide bonds. The fourth-order valence-corrected chi connectivity index (χ4v) is 1.53. The number of methoxy groups -OCH3 is 2. The van der Waals surface area contributed by atoms with Gasteiger partial charge in [-0.3, -0.25) is 4.79 Å². The van der Waals surface area contributed by atoms with Crippen LogP contribution >= 0.6 is 0 Å². The largest absolute Gasteiger partial charge is 0.494 e. The van der Waals surface area contributed by atoms with Crippen molar-refractivity contribution >= 4 is 5.78 Å². The highest BCUT2D eigenvalue weighted by molar-refractivity contribution is 5.82. The van der Waals surface area contributed by atoms with Crippen molar-refractivity contribution in [2.75, 3.05) is 33.9 Å². The summed E-state index contributed by atoms with van der Waals surface area (Å²) in [4.78, 5) is 11.6. The van der Waals surface area contributed by atoms with Gasteiger partial charge in [0.15, 0.2) is 17.3 Å². The third kappa shape index (κ3) is 4.43. The summed E-state index contributed by atoms with van der Waals surface area (Å²) in [5, 5.41) is 2.93. The Labute approximate surface area is 106 Å². The van der Waals surface area contributed by atoms with Gasteiger partial charge in [0.1, 0.15) is 0 Å². The Morgan fingerprint density at radius 3 is 2.83 bits per heavy atom. The number of rotatable bonds is 8. The zero-order valence-electron chi connectivity index (χ0n) is 10.7. The van der Waals surface area contributed by atoms with Gasteiger partial charge in [-0.1, -0.05) is 12.1 Å². The number of carbonyl (C=O) groups is 1. The first-order chi connectivity index (χ1) is 8.69. The highest BCUT2D eigenvalue weighted by atomic mass is 19.1. The molecule has 0 radical (unpaired) electrons. The molecule has 0 fully saturated rings. The minimum absolute atomic E-state index is 0.0585. The highest BCUT2D eigenvalue weighted by Crippen LogP contribution is 2.20. The van der Waals surface area contributed by atoms with E-state index in [2.05, 4.69) is 5.32 Å². The molecule has 1 aromatic carbocycles. The molecule has 0 atom stereocenters. The van der Waals surface area contributed by atoms with E-state index in [-0.39, 0.29) is 24.5 Å². The molecule has 0 saturated heterocycles. The van der Waals surface area contributed by atoms with Crippen LogP contribution in [0.5, 0.6) is 5.75 Å². The van der Waals surface area contributed by atoms with Gasteiger partial charge in [-0.15, -0.1) is 0 Å². The van der Waals surface area contributed by atoms with Gasteiger partial charge in [0, 0.05) is 20.1 Å². The lowest BCUT2D eigenvalue weighted by Crippen LogP contribution is -2.27. The summed E-state index contributed by atoms with van der Waals surface area (Å²) in [5.41, 5.74) is 0.355. The van der Waals surface area contributed by atoms with Gasteiger partial charge in [0.05, 0.1) is 20.3 Å². The number of benzene rings is 1. The molecule has 0 heterocycles. The van der Waals surface area contributed by atoms with E-state index >= 15 is 0 Å². The summed E-state index contributed by atoms with van der Waals surface area (Å²) in [6, 6.07) is 4.79. The second-order valence-corrected chi connectivity index (χ2v) is 3.82. The Hall–Kier alpha value is -1.46. The second kappa shape index (κ2) is 7.79. The van der Waals surface area contributed by atoms with Crippen LogP contribution < -0.4 is 10.1 Å². The van der Waals surface area contributed by atoms with Crippen molar-refractivity contribution in [3.8, 4) is 5.75 Å². The van der Waals surface area contributed by atoms with E-state index in [1.165, 1.54) is 13.2 Å². The van der Waals surface area contributed by atoms with Crippen molar-refractivity contribution in [3.05, 3.63) is 29.6 Å². The van der Waals surface area contributed by atoms with Gasteiger partial charge in [-0.25, -0.2) is 4.39 Å². The van der Waals surface area contributed by atoms with Crippen LogP contribution in [0.25, 0.3) is 0 Å². The van der Waals surface area contributed by atoms with Crippen LogP contribution in [0.3, 0.4) is 0 Å². The summed E-state index contributed by atoms with van der Waals surface area (Å²) >= 11 is 0. The summed E-state index contributed by atoms with van der Waals surface area (Å²) in [7, 11) is 2.99. The average Bonchev–Trinajstić information content (AvgIpc) is 2.37. The number of carbonyl (C=O) groups excluding carboxylic acids is 1. The summed E-state index contributed by atoms with van der Waals surface area (Å²) in [6.45, 7) is 1.35. The quantitative estimate of drug-likeness (QED) is 0.709. The summed E-state index contributed by atoms with van der Waals surface area (Å²) in [5.74, 6) is -0.379. The van der Waals surface area contributed by atoms with Gasteiger partial charge in [0.2, 0.25) is 0 Å². The van der Waals surface area contributed by atoms with Crippen LogP contribution in [0.1, 0.15) is 5.56 Å². The molecule has 0 unspecified atom stereocenters. The van der Waals surface area contributed by atoms with Gasteiger partial charge in [-0.05, 0) is 11.6 Å². The topological polar surface area (TPSA) is 47.6 Å². The summed E-state index contributed by atoms with van der Waals surface area (Å²) in [6.07, 6.45) is 0.0585.